The molecule has 0 heterocycles. The van der Waals surface area contributed by atoms with Crippen LogP contribution in [-0.4, -0.2) is 36.1 Å². The Hall–Kier alpha value is -1.40. The molecule has 20 heavy (non-hydrogen) atoms. The minimum absolute atomic E-state index is 0.0996. The fourth-order valence-electron chi connectivity index (χ4n) is 1.83. The summed E-state index contributed by atoms with van der Waals surface area (Å²) >= 11 is 3.28. The highest BCUT2D eigenvalue weighted by Gasteiger charge is 2.29. The van der Waals surface area contributed by atoms with E-state index in [1.165, 1.54) is 0 Å². The number of carbonyl (C=O) groups excluding carboxylic acids is 2. The SMILES string of the molecule is O=C(CNC(=O)c1ccccc1Br)NCC(O)C1CC1. The second kappa shape index (κ2) is 6.85. The molecule has 1 aromatic rings. The molecule has 0 aliphatic heterocycles. The van der Waals surface area contributed by atoms with Crippen LogP contribution in [0.15, 0.2) is 28.7 Å². The topological polar surface area (TPSA) is 78.4 Å². The maximum atomic E-state index is 11.9. The van der Waals surface area contributed by atoms with Crippen molar-refractivity contribution in [2.75, 3.05) is 13.1 Å². The summed E-state index contributed by atoms with van der Waals surface area (Å²) in [7, 11) is 0. The summed E-state index contributed by atoms with van der Waals surface area (Å²) < 4.78 is 0.682. The molecule has 1 atom stereocenters. The Morgan fingerprint density at radius 1 is 1.30 bits per heavy atom. The fourth-order valence-corrected chi connectivity index (χ4v) is 2.29. The Labute approximate surface area is 125 Å². The van der Waals surface area contributed by atoms with E-state index in [1.807, 2.05) is 6.07 Å². The summed E-state index contributed by atoms with van der Waals surface area (Å²) in [5.74, 6) is -0.286. The van der Waals surface area contributed by atoms with Crippen molar-refractivity contribution in [3.63, 3.8) is 0 Å². The average Bonchev–Trinajstić information content (AvgIpc) is 3.27. The molecule has 3 N–H and O–H groups in total. The molecule has 5 nitrogen and oxygen atoms in total. The Kier molecular flexibility index (Phi) is 5.14. The zero-order chi connectivity index (χ0) is 14.5. The van der Waals surface area contributed by atoms with Gasteiger partial charge in [-0.2, -0.15) is 0 Å². The van der Waals surface area contributed by atoms with Gasteiger partial charge in [-0.05, 0) is 46.8 Å². The molecule has 2 amide bonds. The molecule has 0 radical (unpaired) electrons. The number of rotatable bonds is 6. The zero-order valence-electron chi connectivity index (χ0n) is 10.9. The Balaban J connectivity index is 1.72. The van der Waals surface area contributed by atoms with Gasteiger partial charge in [0.25, 0.3) is 5.91 Å². The van der Waals surface area contributed by atoms with Gasteiger partial charge in [-0.1, -0.05) is 12.1 Å². The van der Waals surface area contributed by atoms with E-state index in [0.29, 0.717) is 16.0 Å². The van der Waals surface area contributed by atoms with Crippen molar-refractivity contribution in [3.05, 3.63) is 34.3 Å². The van der Waals surface area contributed by atoms with E-state index in [1.54, 1.807) is 18.2 Å². The maximum absolute atomic E-state index is 11.9. The van der Waals surface area contributed by atoms with E-state index < -0.39 is 6.10 Å². The van der Waals surface area contributed by atoms with E-state index in [4.69, 9.17) is 0 Å². The monoisotopic (exact) mass is 340 g/mol. The maximum Gasteiger partial charge on any atom is 0.252 e. The van der Waals surface area contributed by atoms with Gasteiger partial charge in [0.15, 0.2) is 0 Å². The lowest BCUT2D eigenvalue weighted by Gasteiger charge is -2.11. The van der Waals surface area contributed by atoms with Gasteiger partial charge in [0.2, 0.25) is 5.91 Å². The molecule has 108 valence electrons. The first-order valence-electron chi connectivity index (χ1n) is 6.55. The number of carbonyl (C=O) groups is 2. The number of hydrogen-bond acceptors (Lipinski definition) is 3. The summed E-state index contributed by atoms with van der Waals surface area (Å²) in [6, 6.07) is 7.01. The van der Waals surface area contributed by atoms with Crippen LogP contribution in [0.5, 0.6) is 0 Å². The lowest BCUT2D eigenvalue weighted by molar-refractivity contribution is -0.120. The van der Waals surface area contributed by atoms with Gasteiger partial charge in [-0.25, -0.2) is 0 Å². The van der Waals surface area contributed by atoms with Gasteiger partial charge in [0, 0.05) is 11.0 Å². The van der Waals surface area contributed by atoms with Crippen LogP contribution in [0.4, 0.5) is 0 Å². The first-order chi connectivity index (χ1) is 9.58. The van der Waals surface area contributed by atoms with E-state index >= 15 is 0 Å². The van der Waals surface area contributed by atoms with Gasteiger partial charge in [0.05, 0.1) is 18.2 Å². The van der Waals surface area contributed by atoms with Crippen LogP contribution >= 0.6 is 15.9 Å². The van der Waals surface area contributed by atoms with Crippen LogP contribution in [0, 0.1) is 5.92 Å². The highest BCUT2D eigenvalue weighted by molar-refractivity contribution is 9.10. The smallest absolute Gasteiger partial charge is 0.252 e. The first kappa shape index (κ1) is 15.0. The summed E-state index contributed by atoms with van der Waals surface area (Å²) in [4.78, 5) is 23.4. The van der Waals surface area contributed by atoms with Crippen molar-refractivity contribution in [1.29, 1.82) is 0 Å². The molecule has 0 saturated heterocycles. The minimum Gasteiger partial charge on any atom is -0.391 e. The van der Waals surface area contributed by atoms with E-state index in [9.17, 15) is 14.7 Å². The van der Waals surface area contributed by atoms with Crippen LogP contribution in [0.3, 0.4) is 0 Å². The number of aliphatic hydroxyl groups excluding tert-OH is 1. The minimum atomic E-state index is -0.474. The fraction of sp³-hybridized carbons (Fsp3) is 0.429. The highest BCUT2D eigenvalue weighted by atomic mass is 79.9. The summed E-state index contributed by atoms with van der Waals surface area (Å²) in [5.41, 5.74) is 0.485. The third-order valence-corrected chi connectivity index (χ3v) is 3.89. The normalized spacial score (nSPS) is 15.5. The van der Waals surface area contributed by atoms with Crippen molar-refractivity contribution >= 4 is 27.7 Å². The Morgan fingerprint density at radius 3 is 2.65 bits per heavy atom. The summed E-state index contributed by atoms with van der Waals surface area (Å²) in [6.45, 7) is 0.145. The molecule has 0 aromatic heterocycles. The van der Waals surface area contributed by atoms with Gasteiger partial charge >= 0.3 is 0 Å². The number of amides is 2. The third-order valence-electron chi connectivity index (χ3n) is 3.20. The second-order valence-electron chi connectivity index (χ2n) is 4.87. The molecule has 1 saturated carbocycles. The number of aliphatic hydroxyl groups is 1. The molecule has 1 aliphatic rings. The van der Waals surface area contributed by atoms with Crippen molar-refractivity contribution in [1.82, 2.24) is 10.6 Å². The predicted molar refractivity (Wildman–Crippen MR) is 78.2 cm³/mol. The zero-order valence-corrected chi connectivity index (χ0v) is 12.5. The second-order valence-corrected chi connectivity index (χ2v) is 5.73. The summed E-state index contributed by atoms with van der Waals surface area (Å²) in [5, 5.41) is 14.8. The van der Waals surface area contributed by atoms with Crippen molar-refractivity contribution in [2.45, 2.75) is 18.9 Å². The standard InChI is InChI=1S/C14H17BrN2O3/c15-11-4-2-1-3-10(11)14(20)17-8-13(19)16-7-12(18)9-5-6-9/h1-4,9,12,18H,5-8H2,(H,16,19)(H,17,20). The Bertz CT molecular complexity index is 503. The lowest BCUT2D eigenvalue weighted by Crippen LogP contribution is -2.40. The van der Waals surface area contributed by atoms with Crippen LogP contribution in [-0.2, 0) is 4.79 Å². The Morgan fingerprint density at radius 2 is 2.00 bits per heavy atom. The van der Waals surface area contributed by atoms with Gasteiger partial charge in [-0.15, -0.1) is 0 Å². The summed E-state index contributed by atoms with van der Waals surface area (Å²) in [6.07, 6.45) is 1.57. The molecule has 0 bridgehead atoms. The largest absolute Gasteiger partial charge is 0.391 e. The van der Waals surface area contributed by atoms with E-state index in [-0.39, 0.29) is 24.9 Å². The molecule has 2 rings (SSSR count). The van der Waals surface area contributed by atoms with E-state index in [2.05, 4.69) is 26.6 Å². The number of hydrogen-bond donors (Lipinski definition) is 3. The van der Waals surface area contributed by atoms with Crippen LogP contribution in [0.1, 0.15) is 23.2 Å². The van der Waals surface area contributed by atoms with Gasteiger partial charge in [-0.3, -0.25) is 9.59 Å². The number of halogens is 1. The third kappa shape index (κ3) is 4.31. The lowest BCUT2D eigenvalue weighted by atomic mass is 10.2. The molecular formula is C14H17BrN2O3. The number of benzene rings is 1. The molecule has 1 fully saturated rings. The molecule has 0 spiro atoms. The number of nitrogens with one attached hydrogen (secondary N) is 2. The predicted octanol–water partition coefficient (Wildman–Crippen LogP) is 1.07. The van der Waals surface area contributed by atoms with E-state index in [0.717, 1.165) is 12.8 Å². The molecular weight excluding hydrogens is 324 g/mol. The van der Waals surface area contributed by atoms with Gasteiger partial charge in [0.1, 0.15) is 0 Å². The van der Waals surface area contributed by atoms with Gasteiger partial charge < -0.3 is 15.7 Å². The van der Waals surface area contributed by atoms with Crippen LogP contribution in [0.2, 0.25) is 0 Å². The van der Waals surface area contributed by atoms with Crippen molar-refractivity contribution in [3.8, 4) is 0 Å². The molecule has 1 aliphatic carbocycles. The average molecular weight is 341 g/mol. The quantitative estimate of drug-likeness (QED) is 0.724. The van der Waals surface area contributed by atoms with Crippen LogP contribution in [0.25, 0.3) is 0 Å². The van der Waals surface area contributed by atoms with Crippen molar-refractivity contribution in [2.24, 2.45) is 5.92 Å². The first-order valence-corrected chi connectivity index (χ1v) is 7.34. The van der Waals surface area contributed by atoms with Crippen molar-refractivity contribution < 1.29 is 14.7 Å². The molecule has 6 heteroatoms. The molecule has 1 unspecified atom stereocenters. The van der Waals surface area contributed by atoms with Crippen LogP contribution < -0.4 is 10.6 Å². The molecule has 1 aromatic carbocycles. The highest BCUT2D eigenvalue weighted by Crippen LogP contribution is 2.32.